The van der Waals surface area contributed by atoms with E-state index in [1.54, 1.807) is 12.1 Å². The molecule has 3 nitrogen and oxygen atoms in total. The number of hydrogen-bond donors (Lipinski definition) is 2. The quantitative estimate of drug-likeness (QED) is 0.800. The molecule has 0 radical (unpaired) electrons. The van der Waals surface area contributed by atoms with Gasteiger partial charge in [-0.2, -0.15) is 0 Å². The number of anilines is 2. The molecule has 1 aromatic carbocycles. The molecule has 2 N–H and O–H groups in total. The molecule has 1 aromatic rings. The Balaban J connectivity index is 2.25. The minimum atomic E-state index is -0.407. The lowest BCUT2D eigenvalue weighted by Gasteiger charge is -2.12. The van der Waals surface area contributed by atoms with Gasteiger partial charge in [0.1, 0.15) is 11.5 Å². The van der Waals surface area contributed by atoms with Gasteiger partial charge in [-0.15, -0.1) is 0 Å². The second-order valence-corrected chi connectivity index (χ2v) is 3.76. The lowest BCUT2D eigenvalue weighted by molar-refractivity contribution is -0.114. The fraction of sp³-hybridized carbons (Fsp3) is 0.364. The van der Waals surface area contributed by atoms with Crippen LogP contribution in [0.2, 0.25) is 0 Å². The summed E-state index contributed by atoms with van der Waals surface area (Å²) in [4.78, 5) is 10.9. The van der Waals surface area contributed by atoms with Crippen molar-refractivity contribution in [3.05, 3.63) is 24.0 Å². The maximum atomic E-state index is 13.4. The predicted octanol–water partition coefficient (Wildman–Crippen LogP) is 2.36. The van der Waals surface area contributed by atoms with Gasteiger partial charge in [-0.1, -0.05) is 6.07 Å². The van der Waals surface area contributed by atoms with Crippen molar-refractivity contribution < 1.29 is 9.18 Å². The molecule has 0 atom stereocenters. The highest BCUT2D eigenvalue weighted by Gasteiger charge is 2.22. The molecule has 1 fully saturated rings. The van der Waals surface area contributed by atoms with E-state index >= 15 is 0 Å². The Hall–Kier alpha value is -1.58. The lowest BCUT2D eigenvalue weighted by Crippen LogP contribution is -2.11. The number of nitrogens with one attached hydrogen (secondary N) is 2. The summed E-state index contributed by atoms with van der Waals surface area (Å²) in [5, 5.41) is 5.67. The third kappa shape index (κ3) is 2.46. The fourth-order valence-electron chi connectivity index (χ4n) is 1.40. The molecular formula is C11H13FN2O. The van der Waals surface area contributed by atoms with Crippen molar-refractivity contribution in [2.24, 2.45) is 0 Å². The molecule has 1 saturated carbocycles. The average molecular weight is 208 g/mol. The molecule has 0 spiro atoms. The van der Waals surface area contributed by atoms with E-state index in [4.69, 9.17) is 0 Å². The van der Waals surface area contributed by atoms with E-state index in [9.17, 15) is 9.18 Å². The number of benzene rings is 1. The van der Waals surface area contributed by atoms with Crippen LogP contribution in [0.25, 0.3) is 0 Å². The van der Waals surface area contributed by atoms with Crippen LogP contribution in [0, 0.1) is 5.82 Å². The number of hydrogen-bond acceptors (Lipinski definition) is 2. The Bertz CT molecular complexity index is 388. The maximum absolute atomic E-state index is 13.4. The zero-order valence-electron chi connectivity index (χ0n) is 8.51. The predicted molar refractivity (Wildman–Crippen MR) is 57.3 cm³/mol. The van der Waals surface area contributed by atoms with E-state index in [0.717, 1.165) is 12.8 Å². The normalized spacial score (nSPS) is 14.8. The minimum Gasteiger partial charge on any atom is -0.381 e. The number of halogens is 1. The summed E-state index contributed by atoms with van der Waals surface area (Å²) in [6.07, 6.45) is 2.21. The van der Waals surface area contributed by atoms with Gasteiger partial charge in [0.25, 0.3) is 0 Å². The van der Waals surface area contributed by atoms with Crippen molar-refractivity contribution in [3.63, 3.8) is 0 Å². The van der Waals surface area contributed by atoms with Crippen LogP contribution in [0.4, 0.5) is 15.8 Å². The van der Waals surface area contributed by atoms with Gasteiger partial charge >= 0.3 is 0 Å². The van der Waals surface area contributed by atoms with Crippen molar-refractivity contribution in [1.82, 2.24) is 0 Å². The van der Waals surface area contributed by atoms with Crippen LogP contribution in [0.3, 0.4) is 0 Å². The first kappa shape index (κ1) is 9.96. The molecule has 0 bridgehead atoms. The van der Waals surface area contributed by atoms with Crippen LogP contribution in [0.1, 0.15) is 19.8 Å². The van der Waals surface area contributed by atoms with E-state index in [1.807, 2.05) is 0 Å². The molecule has 0 saturated heterocycles. The van der Waals surface area contributed by atoms with Gasteiger partial charge in [-0.05, 0) is 25.0 Å². The number of carbonyl (C=O) groups excluding carboxylic acids is 1. The van der Waals surface area contributed by atoms with Gasteiger partial charge in [0, 0.05) is 13.0 Å². The van der Waals surface area contributed by atoms with E-state index < -0.39 is 5.82 Å². The van der Waals surface area contributed by atoms with Crippen molar-refractivity contribution in [3.8, 4) is 0 Å². The smallest absolute Gasteiger partial charge is 0.221 e. The molecule has 4 heteroatoms. The van der Waals surface area contributed by atoms with E-state index in [0.29, 0.717) is 11.7 Å². The van der Waals surface area contributed by atoms with Crippen molar-refractivity contribution in [2.75, 3.05) is 10.6 Å². The molecule has 1 aliphatic carbocycles. The maximum Gasteiger partial charge on any atom is 0.221 e. The zero-order chi connectivity index (χ0) is 10.8. The third-order valence-electron chi connectivity index (χ3n) is 2.25. The van der Waals surface area contributed by atoms with E-state index in [1.165, 1.54) is 13.0 Å². The highest BCUT2D eigenvalue weighted by molar-refractivity contribution is 5.92. The Labute approximate surface area is 87.7 Å². The Morgan fingerprint density at radius 2 is 2.20 bits per heavy atom. The summed E-state index contributed by atoms with van der Waals surface area (Å²) in [5.41, 5.74) is 0.907. The molecule has 1 aliphatic rings. The van der Waals surface area contributed by atoms with Crippen LogP contribution < -0.4 is 10.6 Å². The van der Waals surface area contributed by atoms with Crippen LogP contribution in [-0.4, -0.2) is 11.9 Å². The summed E-state index contributed by atoms with van der Waals surface area (Å²) in [6, 6.07) is 5.17. The molecule has 0 aliphatic heterocycles. The Morgan fingerprint density at radius 1 is 1.47 bits per heavy atom. The van der Waals surface area contributed by atoms with Gasteiger partial charge in [0.2, 0.25) is 5.91 Å². The molecule has 80 valence electrons. The van der Waals surface area contributed by atoms with Gasteiger partial charge in [0.15, 0.2) is 0 Å². The molecule has 0 heterocycles. The highest BCUT2D eigenvalue weighted by atomic mass is 19.1. The van der Waals surface area contributed by atoms with Crippen LogP contribution >= 0.6 is 0 Å². The van der Waals surface area contributed by atoms with E-state index in [2.05, 4.69) is 10.6 Å². The summed E-state index contributed by atoms with van der Waals surface area (Å²) in [5.74, 6) is -0.671. The minimum absolute atomic E-state index is 0.247. The number of para-hydroxylation sites is 1. The average Bonchev–Trinajstić information content (AvgIpc) is 2.94. The first-order valence-electron chi connectivity index (χ1n) is 4.99. The summed E-state index contributed by atoms with van der Waals surface area (Å²) in [6.45, 7) is 1.37. The number of rotatable bonds is 3. The largest absolute Gasteiger partial charge is 0.381 e. The van der Waals surface area contributed by atoms with Crippen LogP contribution in [0.15, 0.2) is 18.2 Å². The standard InChI is InChI=1S/C11H13FN2O/c1-7(15)13-11-9(12)3-2-4-10(11)14-8-5-6-8/h2-4,8,14H,5-6H2,1H3,(H,13,15). The lowest BCUT2D eigenvalue weighted by atomic mass is 10.2. The first-order chi connectivity index (χ1) is 7.16. The first-order valence-corrected chi connectivity index (χ1v) is 4.99. The molecule has 0 aromatic heterocycles. The van der Waals surface area contributed by atoms with Gasteiger partial charge in [0.05, 0.1) is 5.69 Å². The van der Waals surface area contributed by atoms with Crippen LogP contribution in [-0.2, 0) is 4.79 Å². The molecule has 15 heavy (non-hydrogen) atoms. The van der Waals surface area contributed by atoms with Crippen molar-refractivity contribution in [1.29, 1.82) is 0 Å². The molecule has 2 rings (SSSR count). The van der Waals surface area contributed by atoms with Crippen LogP contribution in [0.5, 0.6) is 0 Å². The number of carbonyl (C=O) groups is 1. The third-order valence-corrected chi connectivity index (χ3v) is 2.25. The molecule has 1 amide bonds. The second kappa shape index (κ2) is 3.88. The van der Waals surface area contributed by atoms with Gasteiger partial charge in [-0.3, -0.25) is 4.79 Å². The van der Waals surface area contributed by atoms with Gasteiger partial charge in [-0.25, -0.2) is 4.39 Å². The zero-order valence-corrected chi connectivity index (χ0v) is 8.51. The SMILES string of the molecule is CC(=O)Nc1c(F)cccc1NC1CC1. The number of amides is 1. The summed E-state index contributed by atoms with van der Waals surface area (Å²) >= 11 is 0. The fourth-order valence-corrected chi connectivity index (χ4v) is 1.40. The van der Waals surface area contributed by atoms with E-state index in [-0.39, 0.29) is 11.6 Å². The molecule has 0 unspecified atom stereocenters. The van der Waals surface area contributed by atoms with Crippen molar-refractivity contribution in [2.45, 2.75) is 25.8 Å². The van der Waals surface area contributed by atoms with Gasteiger partial charge < -0.3 is 10.6 Å². The highest BCUT2D eigenvalue weighted by Crippen LogP contribution is 2.31. The summed E-state index contributed by atoms with van der Waals surface area (Å²) < 4.78 is 13.4. The second-order valence-electron chi connectivity index (χ2n) is 3.76. The molecular weight excluding hydrogens is 195 g/mol. The van der Waals surface area contributed by atoms with Crippen molar-refractivity contribution >= 4 is 17.3 Å². The monoisotopic (exact) mass is 208 g/mol. The topological polar surface area (TPSA) is 41.1 Å². The Kier molecular flexibility index (Phi) is 2.58. The Morgan fingerprint density at radius 3 is 2.80 bits per heavy atom. The summed E-state index contributed by atoms with van der Waals surface area (Å²) in [7, 11) is 0.